The standard InChI is InChI=1S/C65H78ClF2N11O9S2/c1-34(36-15-17-37(18-16-36)53-35(2)70-33-89-53)71-57(82)47-26-41(80)31-78(47)59(83)55(63(3,4)5)72-48(81)14-12-13-24-76-25-23-40(76)32-86-60-73-52-43(56(74-60)77-29-38-19-20-39(30-77)79(38)62(85)88-65(9,10)11)27-45(66)50(51(52)68)42-21-22-46(67)54-49(42)44(28-69)58(90-54)75-61(84)87-64(6,7)8/h15-18,21-22,27,33-34,38-41,47,55,80H,12-14,19-20,23-26,29-32H2,1-11H3,(H,71,82)(H,72,81)(H,75,84)/t34-,38?,39?,40-,41+,47-,55+/m0/s1. The summed E-state index contributed by atoms with van der Waals surface area (Å²) in [6.45, 7) is 22.0. The number of thiazole rings is 1. The fraction of sp³-hybridized carbons (Fsp3) is 0.523. The molecule has 0 aliphatic carbocycles. The first-order valence-electron chi connectivity index (χ1n) is 30.5. The SMILES string of the molecule is Cc1ncsc1-c1ccc([C@H](C)NC(=O)[C@@H]2C[C@@H](O)CN2C(=O)[C@@H](NC(=O)CCCCN2CC[C@H]2COc2nc(N3CC4CCC(C3)N4C(=O)OC(C)(C)C)c3cc(Cl)c(-c4ccc(F)c5sc(NC(=O)OC(C)(C)C)c(C#N)c45)c(F)c3n2)C(C)(C)C)cc1. The van der Waals surface area contributed by atoms with Crippen molar-refractivity contribution >= 4 is 96.0 Å². The minimum absolute atomic E-state index is 0.00484. The van der Waals surface area contributed by atoms with Crippen molar-refractivity contribution in [2.75, 3.05) is 49.5 Å². The first kappa shape index (κ1) is 65.6. The number of anilines is 2. The van der Waals surface area contributed by atoms with E-state index in [-0.39, 0.29) is 110 Å². The zero-order valence-electron chi connectivity index (χ0n) is 52.6. The van der Waals surface area contributed by atoms with Crippen molar-refractivity contribution in [3.8, 4) is 33.6 Å². The molecule has 7 atom stereocenters. The van der Waals surface area contributed by atoms with Crippen LogP contribution in [0.3, 0.4) is 0 Å². The molecular weight excluding hydrogens is 1220 g/mol. The number of carbonyl (C=O) groups is 5. The molecule has 4 aliphatic rings. The van der Waals surface area contributed by atoms with E-state index in [4.69, 9.17) is 30.8 Å². The Kier molecular flexibility index (Phi) is 19.1. The maximum Gasteiger partial charge on any atom is 0.412 e. The summed E-state index contributed by atoms with van der Waals surface area (Å²) in [5.74, 6) is -2.41. The quantitative estimate of drug-likeness (QED) is 0.0620. The molecular formula is C65H78ClF2N11O9S2. The summed E-state index contributed by atoms with van der Waals surface area (Å²) >= 11 is 9.47. The Hall–Kier alpha value is -7.30. The Labute approximate surface area is 535 Å². The molecule has 0 saturated carbocycles. The van der Waals surface area contributed by atoms with Crippen LogP contribution < -0.4 is 25.6 Å². The van der Waals surface area contributed by atoms with Gasteiger partial charge in [0.1, 0.15) is 58.1 Å². The highest BCUT2D eigenvalue weighted by Crippen LogP contribution is 2.47. The van der Waals surface area contributed by atoms with Gasteiger partial charge in [0, 0.05) is 61.4 Å². The summed E-state index contributed by atoms with van der Waals surface area (Å²) in [6, 6.07) is 11.0. The van der Waals surface area contributed by atoms with Gasteiger partial charge in [0.15, 0.2) is 5.82 Å². The average Bonchev–Trinajstić information content (AvgIpc) is 1.30. The number of unbranched alkanes of at least 4 members (excludes halogenated alkanes) is 1. The summed E-state index contributed by atoms with van der Waals surface area (Å²) in [6.07, 6.45) is 1.34. The molecule has 7 heterocycles. The predicted octanol–water partition coefficient (Wildman–Crippen LogP) is 11.7. The van der Waals surface area contributed by atoms with Gasteiger partial charge in [-0.3, -0.25) is 29.5 Å². The first-order valence-corrected chi connectivity index (χ1v) is 32.6. The maximum absolute atomic E-state index is 17.8. The summed E-state index contributed by atoms with van der Waals surface area (Å²) in [5.41, 5.74) is 1.99. The van der Waals surface area contributed by atoms with E-state index in [0.717, 1.165) is 52.1 Å². The number of hydrogen-bond donors (Lipinski definition) is 4. The average molecular weight is 1290 g/mol. The molecule has 20 nitrogen and oxygen atoms in total. The lowest BCUT2D eigenvalue weighted by molar-refractivity contribution is -0.144. The Morgan fingerprint density at radius 2 is 1.61 bits per heavy atom. The molecule has 5 amide bonds. The monoisotopic (exact) mass is 1290 g/mol. The lowest BCUT2D eigenvalue weighted by Gasteiger charge is -2.42. The van der Waals surface area contributed by atoms with Crippen LogP contribution in [0, 0.1) is 35.3 Å². The zero-order chi connectivity index (χ0) is 64.9. The van der Waals surface area contributed by atoms with E-state index in [1.54, 1.807) is 48.6 Å². The number of aryl methyl sites for hydroxylation is 1. The number of hydrogen-bond acceptors (Lipinski definition) is 17. The number of aliphatic hydroxyl groups excluding tert-OH is 1. The number of rotatable bonds is 17. The second kappa shape index (κ2) is 26.1. The lowest BCUT2D eigenvalue weighted by Crippen LogP contribution is -2.57. The van der Waals surface area contributed by atoms with Crippen molar-refractivity contribution in [1.29, 1.82) is 5.26 Å². The highest BCUT2D eigenvalue weighted by molar-refractivity contribution is 7.23. The molecule has 3 aromatic carbocycles. The molecule has 90 heavy (non-hydrogen) atoms. The number of piperazine rings is 1. The molecule has 0 radical (unpaired) electrons. The smallest absolute Gasteiger partial charge is 0.412 e. The molecule has 4 aliphatic heterocycles. The minimum Gasteiger partial charge on any atom is -0.462 e. The van der Waals surface area contributed by atoms with Gasteiger partial charge in [-0.15, -0.1) is 22.7 Å². The summed E-state index contributed by atoms with van der Waals surface area (Å²) in [5, 5.41) is 30.1. The second-order valence-electron chi connectivity index (χ2n) is 26.9. The predicted molar refractivity (Wildman–Crippen MR) is 343 cm³/mol. The van der Waals surface area contributed by atoms with Crippen molar-refractivity contribution in [1.82, 2.24) is 40.3 Å². The molecule has 480 valence electrons. The minimum atomic E-state index is -0.978. The van der Waals surface area contributed by atoms with Crippen LogP contribution in [-0.2, 0) is 23.9 Å². The number of benzene rings is 3. The third-order valence-electron chi connectivity index (χ3n) is 16.8. The number of thiophene rings is 1. The molecule has 3 aromatic heterocycles. The van der Waals surface area contributed by atoms with E-state index in [1.807, 2.05) is 84.6 Å². The molecule has 2 bridgehead atoms. The number of β-amino-alcohol motifs (C(OH)–C–C–N with tert-alkyl or cyclic N) is 1. The summed E-state index contributed by atoms with van der Waals surface area (Å²) in [4.78, 5) is 90.8. The van der Waals surface area contributed by atoms with Crippen LogP contribution in [0.2, 0.25) is 5.02 Å². The van der Waals surface area contributed by atoms with Gasteiger partial charge in [-0.05, 0) is 128 Å². The van der Waals surface area contributed by atoms with Crippen LogP contribution in [0.15, 0.2) is 48.0 Å². The fourth-order valence-corrected chi connectivity index (χ4v) is 14.5. The molecule has 4 N–H and O–H groups in total. The van der Waals surface area contributed by atoms with Crippen LogP contribution in [0.4, 0.5) is 29.2 Å². The van der Waals surface area contributed by atoms with Crippen LogP contribution in [0.25, 0.3) is 42.6 Å². The lowest BCUT2D eigenvalue weighted by atomic mass is 9.85. The number of nitriles is 1. The van der Waals surface area contributed by atoms with E-state index in [1.165, 1.54) is 11.0 Å². The number of amides is 5. The van der Waals surface area contributed by atoms with Crippen molar-refractivity contribution in [2.24, 2.45) is 5.41 Å². The van der Waals surface area contributed by atoms with Crippen molar-refractivity contribution < 1.29 is 52.1 Å². The summed E-state index contributed by atoms with van der Waals surface area (Å²) < 4.78 is 51.2. The van der Waals surface area contributed by atoms with E-state index in [0.29, 0.717) is 51.1 Å². The molecule has 2 unspecified atom stereocenters. The van der Waals surface area contributed by atoms with Crippen LogP contribution in [0.5, 0.6) is 6.01 Å². The second-order valence-corrected chi connectivity index (χ2v) is 29.2. The molecule has 6 aromatic rings. The Morgan fingerprint density at radius 1 is 0.911 bits per heavy atom. The Bertz CT molecular complexity index is 3770. The number of carbonyl (C=O) groups excluding carboxylic acids is 5. The van der Waals surface area contributed by atoms with Crippen molar-refractivity contribution in [2.45, 2.75) is 175 Å². The highest BCUT2D eigenvalue weighted by atomic mass is 35.5. The van der Waals surface area contributed by atoms with E-state index < -0.39 is 70.4 Å². The molecule has 4 fully saturated rings. The molecule has 25 heteroatoms. The van der Waals surface area contributed by atoms with Gasteiger partial charge in [0.05, 0.1) is 55.6 Å². The number of nitrogens with zero attached hydrogens (tertiary/aromatic N) is 8. The third-order valence-corrected chi connectivity index (χ3v) is 19.2. The topological polar surface area (TPSA) is 245 Å². The molecule has 4 saturated heterocycles. The third kappa shape index (κ3) is 14.2. The molecule has 10 rings (SSSR count). The van der Waals surface area contributed by atoms with Gasteiger partial charge < -0.3 is 39.8 Å². The summed E-state index contributed by atoms with van der Waals surface area (Å²) in [7, 11) is 0. The number of aliphatic hydroxyl groups is 1. The van der Waals surface area contributed by atoms with E-state index >= 15 is 8.78 Å². The maximum atomic E-state index is 17.8. The van der Waals surface area contributed by atoms with Gasteiger partial charge in [-0.25, -0.2) is 23.4 Å². The molecule has 0 spiro atoms. The fourth-order valence-electron chi connectivity index (χ4n) is 12.4. The van der Waals surface area contributed by atoms with Gasteiger partial charge in [0.2, 0.25) is 17.7 Å². The van der Waals surface area contributed by atoms with E-state index in [9.17, 15) is 34.3 Å². The van der Waals surface area contributed by atoms with Gasteiger partial charge in [-0.2, -0.15) is 15.2 Å². The largest absolute Gasteiger partial charge is 0.462 e. The van der Waals surface area contributed by atoms with E-state index in [2.05, 4.69) is 36.9 Å². The van der Waals surface area contributed by atoms with Crippen LogP contribution >= 0.6 is 34.3 Å². The number of halogens is 3. The number of aromatic nitrogens is 3. The Morgan fingerprint density at radius 3 is 2.23 bits per heavy atom. The number of fused-ring (bicyclic) bond motifs is 4. The van der Waals surface area contributed by atoms with Gasteiger partial charge in [-0.1, -0.05) is 62.7 Å². The first-order chi connectivity index (χ1) is 42.5. The van der Waals surface area contributed by atoms with Crippen LogP contribution in [-0.4, -0.2) is 152 Å². The number of likely N-dealkylation sites (tertiary alicyclic amines) is 2. The number of ether oxygens (including phenoxy) is 3. The van der Waals surface area contributed by atoms with Crippen molar-refractivity contribution in [3.63, 3.8) is 0 Å². The van der Waals surface area contributed by atoms with Gasteiger partial charge in [0.25, 0.3) is 0 Å². The van der Waals surface area contributed by atoms with Crippen LogP contribution in [0.1, 0.15) is 137 Å². The zero-order valence-corrected chi connectivity index (χ0v) is 55.0. The highest BCUT2D eigenvalue weighted by Gasteiger charge is 2.47. The normalized spacial score (nSPS) is 20.2. The van der Waals surface area contributed by atoms with Crippen molar-refractivity contribution in [3.05, 3.63) is 81.5 Å². The van der Waals surface area contributed by atoms with Gasteiger partial charge >= 0.3 is 18.2 Å². The number of nitrogens with one attached hydrogen (secondary N) is 3. The Balaban J connectivity index is 0.816.